The Labute approximate surface area is 103 Å². The molecule has 1 aromatic heterocycles. The van der Waals surface area contributed by atoms with Gasteiger partial charge in [-0.3, -0.25) is 0 Å². The first-order valence-corrected chi connectivity index (χ1v) is 6.69. The Hall–Kier alpha value is -0.870. The topological polar surface area (TPSA) is 53.1 Å². The molecule has 0 aliphatic carbocycles. The molecular formula is C13H23N3O. The van der Waals surface area contributed by atoms with Gasteiger partial charge in [-0.25, -0.2) is 4.98 Å². The van der Waals surface area contributed by atoms with Crippen molar-refractivity contribution in [1.29, 1.82) is 0 Å². The van der Waals surface area contributed by atoms with Gasteiger partial charge in [0, 0.05) is 25.5 Å². The lowest BCUT2D eigenvalue weighted by molar-refractivity contribution is 0.00668. The Kier molecular flexibility index (Phi) is 4.57. The first-order chi connectivity index (χ1) is 8.31. The van der Waals surface area contributed by atoms with E-state index in [4.69, 9.17) is 10.5 Å². The highest BCUT2D eigenvalue weighted by atomic mass is 16.5. The summed E-state index contributed by atoms with van der Waals surface area (Å²) < 4.78 is 7.89. The van der Waals surface area contributed by atoms with Crippen molar-refractivity contribution in [3.05, 3.63) is 18.2 Å². The minimum Gasteiger partial charge on any atom is -0.378 e. The molecule has 1 fully saturated rings. The van der Waals surface area contributed by atoms with E-state index in [1.165, 1.54) is 12.8 Å². The molecule has 0 aromatic carbocycles. The summed E-state index contributed by atoms with van der Waals surface area (Å²) in [5.74, 6) is 1.00. The van der Waals surface area contributed by atoms with E-state index in [0.29, 0.717) is 6.10 Å². The van der Waals surface area contributed by atoms with E-state index < -0.39 is 0 Å². The van der Waals surface area contributed by atoms with E-state index in [0.717, 1.165) is 38.2 Å². The van der Waals surface area contributed by atoms with Gasteiger partial charge < -0.3 is 15.0 Å². The van der Waals surface area contributed by atoms with Crippen LogP contribution in [0.5, 0.6) is 0 Å². The molecule has 17 heavy (non-hydrogen) atoms. The monoisotopic (exact) mass is 237 g/mol. The van der Waals surface area contributed by atoms with Gasteiger partial charge in [0.1, 0.15) is 5.82 Å². The maximum Gasteiger partial charge on any atom is 0.125 e. The van der Waals surface area contributed by atoms with Gasteiger partial charge in [0.05, 0.1) is 12.1 Å². The number of ether oxygens (including phenoxy) is 1. The zero-order valence-corrected chi connectivity index (χ0v) is 10.6. The maximum atomic E-state index is 6.24. The fourth-order valence-electron chi connectivity index (χ4n) is 2.46. The fourth-order valence-corrected chi connectivity index (χ4v) is 2.46. The highest BCUT2D eigenvalue weighted by Crippen LogP contribution is 2.22. The number of aromatic nitrogens is 2. The highest BCUT2D eigenvalue weighted by molar-refractivity contribution is 4.99. The molecule has 2 rings (SSSR count). The van der Waals surface area contributed by atoms with Crippen LogP contribution >= 0.6 is 0 Å². The van der Waals surface area contributed by atoms with Crippen LogP contribution in [0.15, 0.2) is 12.4 Å². The summed E-state index contributed by atoms with van der Waals surface area (Å²) in [7, 11) is 0. The molecule has 2 N–H and O–H groups in total. The van der Waals surface area contributed by atoms with Gasteiger partial charge in [-0.2, -0.15) is 0 Å². The summed E-state index contributed by atoms with van der Waals surface area (Å²) >= 11 is 0. The minimum atomic E-state index is -0.000324. The van der Waals surface area contributed by atoms with Crippen molar-refractivity contribution in [1.82, 2.24) is 9.55 Å². The second-order valence-electron chi connectivity index (χ2n) is 4.81. The fraction of sp³-hybridized carbons (Fsp3) is 0.769. The van der Waals surface area contributed by atoms with Gasteiger partial charge in [-0.05, 0) is 32.1 Å². The third kappa shape index (κ3) is 3.30. The van der Waals surface area contributed by atoms with E-state index in [-0.39, 0.29) is 6.04 Å². The van der Waals surface area contributed by atoms with E-state index >= 15 is 0 Å². The van der Waals surface area contributed by atoms with Crippen molar-refractivity contribution >= 4 is 0 Å². The van der Waals surface area contributed by atoms with Crippen molar-refractivity contribution in [2.75, 3.05) is 6.61 Å². The Morgan fingerprint density at radius 1 is 1.59 bits per heavy atom. The zero-order valence-electron chi connectivity index (χ0n) is 10.6. The first kappa shape index (κ1) is 12.6. The van der Waals surface area contributed by atoms with E-state index in [2.05, 4.69) is 16.5 Å². The number of nitrogens with zero attached hydrogens (tertiary/aromatic N) is 2. The SMILES string of the molecule is CCCn1ccnc1C(N)CC1CCCCO1. The minimum absolute atomic E-state index is 0.000324. The summed E-state index contributed by atoms with van der Waals surface area (Å²) in [5.41, 5.74) is 6.24. The quantitative estimate of drug-likeness (QED) is 0.854. The molecule has 1 aromatic rings. The highest BCUT2D eigenvalue weighted by Gasteiger charge is 2.20. The lowest BCUT2D eigenvalue weighted by Crippen LogP contribution is -2.26. The van der Waals surface area contributed by atoms with E-state index in [9.17, 15) is 0 Å². The second kappa shape index (κ2) is 6.17. The predicted molar refractivity (Wildman–Crippen MR) is 67.7 cm³/mol. The average Bonchev–Trinajstić information content (AvgIpc) is 2.79. The normalized spacial score (nSPS) is 22.6. The molecule has 2 unspecified atom stereocenters. The summed E-state index contributed by atoms with van der Waals surface area (Å²) in [6.07, 6.45) is 9.77. The summed E-state index contributed by atoms with van der Waals surface area (Å²) in [4.78, 5) is 4.38. The summed E-state index contributed by atoms with van der Waals surface area (Å²) in [6, 6.07) is -0.000324. The lowest BCUT2D eigenvalue weighted by atomic mass is 10.0. The smallest absolute Gasteiger partial charge is 0.125 e. The molecule has 4 nitrogen and oxygen atoms in total. The standard InChI is InChI=1S/C13H23N3O/c1-2-7-16-8-6-15-13(16)12(14)10-11-5-3-4-9-17-11/h6,8,11-12H,2-5,7,9-10,14H2,1H3. The van der Waals surface area contributed by atoms with Crippen LogP contribution < -0.4 is 5.73 Å². The van der Waals surface area contributed by atoms with Crippen LogP contribution in [-0.4, -0.2) is 22.3 Å². The van der Waals surface area contributed by atoms with Gasteiger partial charge in [0.25, 0.3) is 0 Å². The summed E-state index contributed by atoms with van der Waals surface area (Å²) in [6.45, 7) is 4.05. The van der Waals surface area contributed by atoms with E-state index in [1.54, 1.807) is 0 Å². The van der Waals surface area contributed by atoms with Crippen molar-refractivity contribution in [3.8, 4) is 0 Å². The molecule has 2 atom stereocenters. The largest absolute Gasteiger partial charge is 0.378 e. The van der Waals surface area contributed by atoms with Crippen molar-refractivity contribution in [2.24, 2.45) is 5.73 Å². The Morgan fingerprint density at radius 3 is 3.18 bits per heavy atom. The van der Waals surface area contributed by atoms with Crippen LogP contribution in [0.4, 0.5) is 0 Å². The maximum absolute atomic E-state index is 6.24. The van der Waals surface area contributed by atoms with Gasteiger partial charge in [0.15, 0.2) is 0 Å². The number of rotatable bonds is 5. The zero-order chi connectivity index (χ0) is 12.1. The third-order valence-corrected chi connectivity index (χ3v) is 3.33. The molecule has 0 spiro atoms. The molecular weight excluding hydrogens is 214 g/mol. The van der Waals surface area contributed by atoms with Crippen LogP contribution in [0.2, 0.25) is 0 Å². The number of imidazole rings is 1. The van der Waals surface area contributed by atoms with Crippen LogP contribution in [-0.2, 0) is 11.3 Å². The predicted octanol–water partition coefficient (Wildman–Crippen LogP) is 2.25. The first-order valence-electron chi connectivity index (χ1n) is 6.69. The second-order valence-corrected chi connectivity index (χ2v) is 4.81. The van der Waals surface area contributed by atoms with Crippen molar-refractivity contribution in [3.63, 3.8) is 0 Å². The molecule has 0 radical (unpaired) electrons. The molecule has 0 amide bonds. The lowest BCUT2D eigenvalue weighted by Gasteiger charge is -2.25. The van der Waals surface area contributed by atoms with Crippen LogP contribution in [0.1, 0.15) is 50.9 Å². The van der Waals surface area contributed by atoms with Gasteiger partial charge in [-0.1, -0.05) is 6.92 Å². The number of hydrogen-bond donors (Lipinski definition) is 1. The molecule has 0 bridgehead atoms. The van der Waals surface area contributed by atoms with Crippen molar-refractivity contribution < 1.29 is 4.74 Å². The van der Waals surface area contributed by atoms with Crippen molar-refractivity contribution in [2.45, 2.75) is 57.7 Å². The molecule has 1 saturated heterocycles. The molecule has 2 heterocycles. The Balaban J connectivity index is 1.93. The van der Waals surface area contributed by atoms with E-state index in [1.807, 2.05) is 12.4 Å². The van der Waals surface area contributed by atoms with Gasteiger partial charge >= 0.3 is 0 Å². The Bertz CT molecular complexity index is 331. The Morgan fingerprint density at radius 2 is 2.47 bits per heavy atom. The van der Waals surface area contributed by atoms with Crippen LogP contribution in [0.3, 0.4) is 0 Å². The molecule has 0 saturated carbocycles. The van der Waals surface area contributed by atoms with Crippen LogP contribution in [0, 0.1) is 0 Å². The summed E-state index contributed by atoms with van der Waals surface area (Å²) in [5, 5.41) is 0. The average molecular weight is 237 g/mol. The molecule has 1 aliphatic heterocycles. The van der Waals surface area contributed by atoms with Gasteiger partial charge in [0.2, 0.25) is 0 Å². The number of aryl methyl sites for hydroxylation is 1. The number of nitrogens with two attached hydrogens (primary N) is 1. The van der Waals surface area contributed by atoms with Crippen LogP contribution in [0.25, 0.3) is 0 Å². The molecule has 96 valence electrons. The van der Waals surface area contributed by atoms with Gasteiger partial charge in [-0.15, -0.1) is 0 Å². The molecule has 1 aliphatic rings. The number of hydrogen-bond acceptors (Lipinski definition) is 3. The molecule has 4 heteroatoms. The third-order valence-electron chi connectivity index (χ3n) is 3.33.